The quantitative estimate of drug-likeness (QED) is 0.633. The Morgan fingerprint density at radius 2 is 2.07 bits per heavy atom. The van der Waals surface area contributed by atoms with Crippen LogP contribution in [0.25, 0.3) is 0 Å². The zero-order valence-electron chi connectivity index (χ0n) is 10.1. The number of rotatable bonds is 8. The van der Waals surface area contributed by atoms with Gasteiger partial charge in [-0.3, -0.25) is 4.79 Å². The van der Waals surface area contributed by atoms with Crippen LogP contribution in [-0.2, 0) is 9.53 Å². The molecular weight excluding hydrogens is 192 g/mol. The molecule has 0 saturated carbocycles. The Kier molecular flexibility index (Phi) is 8.33. The normalized spacial score (nSPS) is 14.7. The van der Waals surface area contributed by atoms with Crippen molar-refractivity contribution >= 4 is 5.91 Å². The van der Waals surface area contributed by atoms with Crippen molar-refractivity contribution in [3.8, 4) is 0 Å². The number of nitrogens with one attached hydrogen (secondary N) is 1. The van der Waals surface area contributed by atoms with Crippen molar-refractivity contribution in [2.45, 2.75) is 39.2 Å². The van der Waals surface area contributed by atoms with Gasteiger partial charge in [0.15, 0.2) is 0 Å². The minimum Gasteiger partial charge on any atom is -0.385 e. The first-order valence-electron chi connectivity index (χ1n) is 5.58. The van der Waals surface area contributed by atoms with E-state index < -0.39 is 0 Å². The lowest BCUT2D eigenvalue weighted by molar-refractivity contribution is -0.122. The highest BCUT2D eigenvalue weighted by Gasteiger charge is 2.08. The summed E-state index contributed by atoms with van der Waals surface area (Å²) in [4.78, 5) is 11.4. The Morgan fingerprint density at radius 3 is 2.60 bits per heavy atom. The summed E-state index contributed by atoms with van der Waals surface area (Å²) in [5, 5.41) is 2.93. The first-order valence-corrected chi connectivity index (χ1v) is 5.58. The molecule has 0 aromatic rings. The first-order chi connectivity index (χ1) is 7.10. The highest BCUT2D eigenvalue weighted by Crippen LogP contribution is 2.03. The van der Waals surface area contributed by atoms with Crippen LogP contribution in [0.1, 0.15) is 33.1 Å². The molecule has 0 radical (unpaired) electrons. The van der Waals surface area contributed by atoms with Gasteiger partial charge in [0.1, 0.15) is 0 Å². The van der Waals surface area contributed by atoms with Crippen molar-refractivity contribution in [3.05, 3.63) is 0 Å². The second-order valence-electron chi connectivity index (χ2n) is 4.13. The third-order valence-electron chi connectivity index (χ3n) is 2.43. The van der Waals surface area contributed by atoms with Crippen molar-refractivity contribution in [3.63, 3.8) is 0 Å². The topological polar surface area (TPSA) is 64.3 Å². The lowest BCUT2D eigenvalue weighted by atomic mass is 10.1. The molecule has 0 aliphatic heterocycles. The van der Waals surface area contributed by atoms with Crippen LogP contribution in [0.4, 0.5) is 0 Å². The van der Waals surface area contributed by atoms with Gasteiger partial charge in [-0.2, -0.15) is 0 Å². The van der Waals surface area contributed by atoms with Gasteiger partial charge in [0, 0.05) is 26.2 Å². The fourth-order valence-corrected chi connectivity index (χ4v) is 1.21. The zero-order valence-corrected chi connectivity index (χ0v) is 10.1. The SMILES string of the molecule is COCCC(C)NC(=O)CCC(C)CN. The van der Waals surface area contributed by atoms with Gasteiger partial charge in [-0.15, -0.1) is 0 Å². The Balaban J connectivity index is 3.55. The average Bonchev–Trinajstić information content (AvgIpc) is 2.22. The molecule has 4 nitrogen and oxygen atoms in total. The van der Waals surface area contributed by atoms with E-state index in [-0.39, 0.29) is 11.9 Å². The van der Waals surface area contributed by atoms with Crippen LogP contribution < -0.4 is 11.1 Å². The van der Waals surface area contributed by atoms with Crippen LogP contribution in [0, 0.1) is 5.92 Å². The van der Waals surface area contributed by atoms with Gasteiger partial charge in [0.05, 0.1) is 0 Å². The van der Waals surface area contributed by atoms with E-state index in [2.05, 4.69) is 12.2 Å². The van der Waals surface area contributed by atoms with E-state index in [1.165, 1.54) is 0 Å². The predicted octanol–water partition coefficient (Wildman–Crippen LogP) is 0.903. The third-order valence-corrected chi connectivity index (χ3v) is 2.43. The van der Waals surface area contributed by atoms with Gasteiger partial charge in [0.25, 0.3) is 0 Å². The van der Waals surface area contributed by atoms with Gasteiger partial charge in [-0.25, -0.2) is 0 Å². The molecule has 3 N–H and O–H groups in total. The maximum absolute atomic E-state index is 11.4. The molecular formula is C11H24N2O2. The maximum Gasteiger partial charge on any atom is 0.220 e. The molecule has 2 unspecified atom stereocenters. The summed E-state index contributed by atoms with van der Waals surface area (Å²) in [6.45, 7) is 5.37. The summed E-state index contributed by atoms with van der Waals surface area (Å²) in [7, 11) is 1.66. The second kappa shape index (κ2) is 8.68. The van der Waals surface area contributed by atoms with Crippen molar-refractivity contribution in [1.29, 1.82) is 0 Å². The summed E-state index contributed by atoms with van der Waals surface area (Å²) in [6, 6.07) is 0.186. The zero-order chi connectivity index (χ0) is 11.7. The number of carbonyl (C=O) groups excluding carboxylic acids is 1. The number of amides is 1. The molecule has 0 saturated heterocycles. The minimum atomic E-state index is 0.110. The van der Waals surface area contributed by atoms with Gasteiger partial charge in [-0.1, -0.05) is 6.92 Å². The number of ether oxygens (including phenoxy) is 1. The van der Waals surface area contributed by atoms with Crippen LogP contribution in [0.2, 0.25) is 0 Å². The summed E-state index contributed by atoms with van der Waals surface area (Å²) in [5.41, 5.74) is 5.48. The monoisotopic (exact) mass is 216 g/mol. The van der Waals surface area contributed by atoms with Crippen LogP contribution in [0.15, 0.2) is 0 Å². The van der Waals surface area contributed by atoms with Crippen LogP contribution in [0.5, 0.6) is 0 Å². The van der Waals surface area contributed by atoms with E-state index in [4.69, 9.17) is 10.5 Å². The summed E-state index contributed by atoms with van der Waals surface area (Å²) in [5.74, 6) is 0.531. The van der Waals surface area contributed by atoms with E-state index in [1.807, 2.05) is 6.92 Å². The molecule has 0 bridgehead atoms. The molecule has 0 rings (SSSR count). The number of nitrogens with two attached hydrogens (primary N) is 1. The number of carbonyl (C=O) groups is 1. The Hall–Kier alpha value is -0.610. The highest BCUT2D eigenvalue weighted by molar-refractivity contribution is 5.76. The molecule has 4 heteroatoms. The Bertz CT molecular complexity index is 174. The molecule has 15 heavy (non-hydrogen) atoms. The molecule has 2 atom stereocenters. The van der Waals surface area contributed by atoms with E-state index in [1.54, 1.807) is 7.11 Å². The van der Waals surface area contributed by atoms with Crippen molar-refractivity contribution in [2.75, 3.05) is 20.3 Å². The van der Waals surface area contributed by atoms with Gasteiger partial charge >= 0.3 is 0 Å². The van der Waals surface area contributed by atoms with Crippen molar-refractivity contribution in [2.24, 2.45) is 11.7 Å². The molecule has 90 valence electrons. The summed E-state index contributed by atoms with van der Waals surface area (Å²) < 4.78 is 4.94. The predicted molar refractivity (Wildman–Crippen MR) is 61.6 cm³/mol. The number of hydrogen-bond donors (Lipinski definition) is 2. The third kappa shape index (κ3) is 8.39. The van der Waals surface area contributed by atoms with Crippen LogP contribution in [0.3, 0.4) is 0 Å². The standard InChI is InChI=1S/C11H24N2O2/c1-9(8-12)4-5-11(14)13-10(2)6-7-15-3/h9-10H,4-8,12H2,1-3H3,(H,13,14). The Morgan fingerprint density at radius 1 is 1.40 bits per heavy atom. The van der Waals surface area contributed by atoms with E-state index >= 15 is 0 Å². The largest absolute Gasteiger partial charge is 0.385 e. The smallest absolute Gasteiger partial charge is 0.220 e. The minimum absolute atomic E-state index is 0.110. The van der Waals surface area contributed by atoms with Gasteiger partial charge in [0.2, 0.25) is 5.91 Å². The number of methoxy groups -OCH3 is 1. The van der Waals surface area contributed by atoms with E-state index in [9.17, 15) is 4.79 Å². The van der Waals surface area contributed by atoms with E-state index in [0.29, 0.717) is 25.5 Å². The molecule has 0 aromatic heterocycles. The molecule has 0 aliphatic rings. The highest BCUT2D eigenvalue weighted by atomic mass is 16.5. The Labute approximate surface area is 92.6 Å². The van der Waals surface area contributed by atoms with Crippen molar-refractivity contribution in [1.82, 2.24) is 5.32 Å². The summed E-state index contributed by atoms with van der Waals surface area (Å²) in [6.07, 6.45) is 2.28. The van der Waals surface area contributed by atoms with Gasteiger partial charge < -0.3 is 15.8 Å². The van der Waals surface area contributed by atoms with Crippen molar-refractivity contribution < 1.29 is 9.53 Å². The molecule has 0 aromatic carbocycles. The van der Waals surface area contributed by atoms with Crippen LogP contribution >= 0.6 is 0 Å². The molecule has 0 fully saturated rings. The maximum atomic E-state index is 11.4. The lowest BCUT2D eigenvalue weighted by Gasteiger charge is -2.14. The molecule has 0 heterocycles. The average molecular weight is 216 g/mol. The summed E-state index contributed by atoms with van der Waals surface area (Å²) >= 11 is 0. The second-order valence-corrected chi connectivity index (χ2v) is 4.13. The molecule has 0 aliphatic carbocycles. The molecule has 0 spiro atoms. The van der Waals surface area contributed by atoms with Gasteiger partial charge in [-0.05, 0) is 32.2 Å². The fourth-order valence-electron chi connectivity index (χ4n) is 1.21. The number of hydrogen-bond acceptors (Lipinski definition) is 3. The first kappa shape index (κ1) is 14.4. The van der Waals surface area contributed by atoms with E-state index in [0.717, 1.165) is 12.8 Å². The molecule has 1 amide bonds. The lowest BCUT2D eigenvalue weighted by Crippen LogP contribution is -2.33. The van der Waals surface area contributed by atoms with Crippen LogP contribution in [-0.4, -0.2) is 32.2 Å². The fraction of sp³-hybridized carbons (Fsp3) is 0.909.